The minimum atomic E-state index is 0.579. The average molecular weight is 211 g/mol. The normalized spacial score (nSPS) is 9.50. The first kappa shape index (κ1) is 10.9. The first-order valence-electron chi connectivity index (χ1n) is 4.27. The van der Waals surface area contributed by atoms with Crippen LogP contribution in [-0.2, 0) is 4.74 Å². The molecule has 1 aromatic rings. The molecule has 5 heteroatoms. The van der Waals surface area contributed by atoms with Crippen LogP contribution in [0.25, 0.3) is 0 Å². The fraction of sp³-hybridized carbons (Fsp3) is 0.333. The van der Waals surface area contributed by atoms with E-state index in [-0.39, 0.29) is 0 Å². The second-order valence-electron chi connectivity index (χ2n) is 2.62. The van der Waals surface area contributed by atoms with Crippen molar-refractivity contribution in [3.05, 3.63) is 24.5 Å². The van der Waals surface area contributed by atoms with Crippen molar-refractivity contribution in [2.24, 2.45) is 0 Å². The Labute approximate surface area is 88.7 Å². The van der Waals surface area contributed by atoms with E-state index in [9.17, 15) is 0 Å². The summed E-state index contributed by atoms with van der Waals surface area (Å²) in [4.78, 5) is 3.96. The Kier molecular flexibility index (Phi) is 4.88. The van der Waals surface area contributed by atoms with Gasteiger partial charge in [0.25, 0.3) is 0 Å². The van der Waals surface area contributed by atoms with Crippen molar-refractivity contribution in [3.63, 3.8) is 0 Å². The number of pyridine rings is 1. The van der Waals surface area contributed by atoms with Gasteiger partial charge in [-0.2, -0.15) is 0 Å². The van der Waals surface area contributed by atoms with Crippen LogP contribution in [0.5, 0.6) is 0 Å². The SMILES string of the molecule is COCCNC(=S)Nc1cccnc1. The molecule has 0 aromatic carbocycles. The first-order chi connectivity index (χ1) is 6.83. The summed E-state index contributed by atoms with van der Waals surface area (Å²) in [7, 11) is 1.65. The molecule has 76 valence electrons. The molecule has 1 heterocycles. The van der Waals surface area contributed by atoms with Crippen LogP contribution in [0.1, 0.15) is 0 Å². The van der Waals surface area contributed by atoms with Gasteiger partial charge in [-0.15, -0.1) is 0 Å². The molecule has 0 aliphatic heterocycles. The number of nitrogens with zero attached hydrogens (tertiary/aromatic N) is 1. The zero-order valence-corrected chi connectivity index (χ0v) is 8.80. The summed E-state index contributed by atoms with van der Waals surface area (Å²) in [6.07, 6.45) is 3.43. The Morgan fingerprint density at radius 1 is 1.64 bits per heavy atom. The molecule has 0 radical (unpaired) electrons. The predicted molar refractivity (Wildman–Crippen MR) is 60.3 cm³/mol. The van der Waals surface area contributed by atoms with Gasteiger partial charge < -0.3 is 15.4 Å². The summed E-state index contributed by atoms with van der Waals surface area (Å²) in [5.41, 5.74) is 0.877. The van der Waals surface area contributed by atoms with E-state index in [0.717, 1.165) is 5.69 Å². The lowest BCUT2D eigenvalue weighted by atomic mass is 10.4. The average Bonchev–Trinajstić information content (AvgIpc) is 2.20. The van der Waals surface area contributed by atoms with Crippen molar-refractivity contribution in [3.8, 4) is 0 Å². The number of hydrogen-bond acceptors (Lipinski definition) is 3. The van der Waals surface area contributed by atoms with Gasteiger partial charge in [-0.1, -0.05) is 0 Å². The molecule has 14 heavy (non-hydrogen) atoms. The number of hydrogen-bond donors (Lipinski definition) is 2. The smallest absolute Gasteiger partial charge is 0.170 e. The van der Waals surface area contributed by atoms with Crippen LogP contribution in [0.4, 0.5) is 5.69 Å². The number of rotatable bonds is 4. The van der Waals surface area contributed by atoms with Gasteiger partial charge in [0.15, 0.2) is 5.11 Å². The minimum Gasteiger partial charge on any atom is -0.383 e. The molecule has 2 N–H and O–H groups in total. The van der Waals surface area contributed by atoms with E-state index >= 15 is 0 Å². The van der Waals surface area contributed by atoms with Crippen molar-refractivity contribution in [1.82, 2.24) is 10.3 Å². The molecule has 0 fully saturated rings. The molecule has 0 saturated carbocycles. The molecule has 0 saturated heterocycles. The largest absolute Gasteiger partial charge is 0.383 e. The third-order valence-corrected chi connectivity index (χ3v) is 1.76. The fourth-order valence-corrected chi connectivity index (χ4v) is 1.10. The summed E-state index contributed by atoms with van der Waals surface area (Å²) < 4.78 is 4.88. The third kappa shape index (κ3) is 4.15. The van der Waals surface area contributed by atoms with Crippen LogP contribution < -0.4 is 10.6 Å². The van der Waals surface area contributed by atoms with Gasteiger partial charge in [0.2, 0.25) is 0 Å². The molecule has 0 amide bonds. The van der Waals surface area contributed by atoms with Gasteiger partial charge in [-0.25, -0.2) is 0 Å². The van der Waals surface area contributed by atoms with Gasteiger partial charge in [0, 0.05) is 19.9 Å². The summed E-state index contributed by atoms with van der Waals surface area (Å²) in [5.74, 6) is 0. The fourth-order valence-electron chi connectivity index (χ4n) is 0.879. The molecular formula is C9H13N3OS. The van der Waals surface area contributed by atoms with Crippen LogP contribution in [-0.4, -0.2) is 30.4 Å². The minimum absolute atomic E-state index is 0.579. The lowest BCUT2D eigenvalue weighted by Crippen LogP contribution is -2.31. The van der Waals surface area contributed by atoms with Gasteiger partial charge in [-0.3, -0.25) is 4.98 Å². The van der Waals surface area contributed by atoms with Crippen LogP contribution in [0.15, 0.2) is 24.5 Å². The molecule has 0 unspecified atom stereocenters. The molecular weight excluding hydrogens is 198 g/mol. The maximum atomic E-state index is 5.04. The summed E-state index contributed by atoms with van der Waals surface area (Å²) in [6, 6.07) is 3.75. The second-order valence-corrected chi connectivity index (χ2v) is 3.02. The first-order valence-corrected chi connectivity index (χ1v) is 4.67. The Morgan fingerprint density at radius 2 is 2.50 bits per heavy atom. The van der Waals surface area contributed by atoms with Crippen LogP contribution >= 0.6 is 12.2 Å². The molecule has 0 aliphatic rings. The topological polar surface area (TPSA) is 46.2 Å². The van der Waals surface area contributed by atoms with Crippen molar-refractivity contribution < 1.29 is 4.74 Å². The molecule has 1 aromatic heterocycles. The Hall–Kier alpha value is -1.20. The molecule has 4 nitrogen and oxygen atoms in total. The van der Waals surface area contributed by atoms with E-state index < -0.39 is 0 Å². The van der Waals surface area contributed by atoms with E-state index in [4.69, 9.17) is 17.0 Å². The number of thiocarbonyl (C=S) groups is 1. The quantitative estimate of drug-likeness (QED) is 0.575. The van der Waals surface area contributed by atoms with Crippen LogP contribution in [0.2, 0.25) is 0 Å². The highest BCUT2D eigenvalue weighted by atomic mass is 32.1. The number of anilines is 1. The van der Waals surface area contributed by atoms with Crippen molar-refractivity contribution in [1.29, 1.82) is 0 Å². The van der Waals surface area contributed by atoms with E-state index in [1.54, 1.807) is 19.5 Å². The van der Waals surface area contributed by atoms with Gasteiger partial charge in [0.05, 0.1) is 18.5 Å². The maximum absolute atomic E-state index is 5.04. The second kappa shape index (κ2) is 6.28. The van der Waals surface area contributed by atoms with Gasteiger partial charge in [-0.05, 0) is 24.4 Å². The highest BCUT2D eigenvalue weighted by Gasteiger charge is 1.95. The highest BCUT2D eigenvalue weighted by Crippen LogP contribution is 2.01. The Bertz CT molecular complexity index is 279. The summed E-state index contributed by atoms with van der Waals surface area (Å²) >= 11 is 5.04. The molecule has 1 rings (SSSR count). The predicted octanol–water partition coefficient (Wildman–Crippen LogP) is 1.01. The van der Waals surface area contributed by atoms with Gasteiger partial charge >= 0.3 is 0 Å². The summed E-state index contributed by atoms with van der Waals surface area (Å²) in [6.45, 7) is 1.33. The third-order valence-electron chi connectivity index (χ3n) is 1.51. The molecule has 0 bridgehead atoms. The standard InChI is InChI=1S/C9H13N3OS/c1-13-6-5-11-9(14)12-8-3-2-4-10-7-8/h2-4,7H,5-6H2,1H3,(H2,11,12,14). The Balaban J connectivity index is 2.27. The zero-order chi connectivity index (χ0) is 10.2. The van der Waals surface area contributed by atoms with Crippen molar-refractivity contribution >= 4 is 23.0 Å². The van der Waals surface area contributed by atoms with E-state index in [2.05, 4.69) is 15.6 Å². The van der Waals surface area contributed by atoms with Crippen molar-refractivity contribution in [2.75, 3.05) is 25.6 Å². The maximum Gasteiger partial charge on any atom is 0.170 e. The zero-order valence-electron chi connectivity index (χ0n) is 7.99. The lowest BCUT2D eigenvalue weighted by molar-refractivity contribution is 0.204. The molecule has 0 spiro atoms. The van der Waals surface area contributed by atoms with E-state index in [1.807, 2.05) is 12.1 Å². The Morgan fingerprint density at radius 3 is 3.14 bits per heavy atom. The van der Waals surface area contributed by atoms with Crippen molar-refractivity contribution in [2.45, 2.75) is 0 Å². The molecule has 0 atom stereocenters. The number of aromatic nitrogens is 1. The van der Waals surface area contributed by atoms with Gasteiger partial charge in [0.1, 0.15) is 0 Å². The van der Waals surface area contributed by atoms with E-state index in [1.165, 1.54) is 0 Å². The van der Waals surface area contributed by atoms with Crippen LogP contribution in [0, 0.1) is 0 Å². The van der Waals surface area contributed by atoms with E-state index in [0.29, 0.717) is 18.3 Å². The number of ether oxygens (including phenoxy) is 1. The van der Waals surface area contributed by atoms with Crippen LogP contribution in [0.3, 0.4) is 0 Å². The lowest BCUT2D eigenvalue weighted by Gasteiger charge is -2.09. The summed E-state index contributed by atoms with van der Waals surface area (Å²) in [5, 5.41) is 6.58. The highest BCUT2D eigenvalue weighted by molar-refractivity contribution is 7.80. The number of methoxy groups -OCH3 is 1. The monoisotopic (exact) mass is 211 g/mol. The number of nitrogens with one attached hydrogen (secondary N) is 2. The molecule has 0 aliphatic carbocycles.